The monoisotopic (exact) mass is 285 g/mol. The second-order valence-electron chi connectivity index (χ2n) is 4.71. The molecular weight excluding hydrogens is 262 g/mol. The largest absolute Gasteiger partial charge is 0.329 e. The summed E-state index contributed by atoms with van der Waals surface area (Å²) in [6.07, 6.45) is 2.06. The van der Waals surface area contributed by atoms with E-state index in [9.17, 15) is 8.42 Å². The average molecular weight is 286 g/mol. The molecule has 2 N–H and O–H groups in total. The van der Waals surface area contributed by atoms with Crippen LogP contribution in [-0.2, 0) is 10.2 Å². The molecule has 1 heterocycles. The van der Waals surface area contributed by atoms with E-state index >= 15 is 0 Å². The average Bonchev–Trinajstić information content (AvgIpc) is 2.27. The van der Waals surface area contributed by atoms with Crippen LogP contribution in [0.15, 0.2) is 0 Å². The van der Waals surface area contributed by atoms with Crippen molar-refractivity contribution in [3.8, 4) is 0 Å². The predicted octanol–water partition coefficient (Wildman–Crippen LogP) is 0.664. The maximum atomic E-state index is 12.2. The first kappa shape index (κ1) is 17.1. The Balaban J connectivity index is 0.00000256. The highest BCUT2D eigenvalue weighted by molar-refractivity contribution is 7.86. The zero-order chi connectivity index (χ0) is 12.3. The van der Waals surface area contributed by atoms with Crippen molar-refractivity contribution in [2.75, 3.05) is 26.7 Å². The summed E-state index contributed by atoms with van der Waals surface area (Å²) in [5.74, 6) is 0.449. The lowest BCUT2D eigenvalue weighted by molar-refractivity contribution is 0.255. The maximum Gasteiger partial charge on any atom is 0.282 e. The van der Waals surface area contributed by atoms with Crippen molar-refractivity contribution in [1.29, 1.82) is 0 Å². The van der Waals surface area contributed by atoms with Gasteiger partial charge in [0, 0.05) is 32.7 Å². The lowest BCUT2D eigenvalue weighted by Crippen LogP contribution is -2.50. The molecule has 0 amide bonds. The fourth-order valence-electron chi connectivity index (χ4n) is 1.91. The van der Waals surface area contributed by atoms with Gasteiger partial charge in [-0.1, -0.05) is 6.92 Å². The Morgan fingerprint density at radius 1 is 1.53 bits per heavy atom. The molecule has 1 fully saturated rings. The SMILES string of the molecule is CC1CCCN(S(=O)(=O)N(C)C(C)CN)C1.Cl. The summed E-state index contributed by atoms with van der Waals surface area (Å²) < 4.78 is 27.4. The number of hydrogen-bond acceptors (Lipinski definition) is 3. The van der Waals surface area contributed by atoms with Crippen molar-refractivity contribution < 1.29 is 8.42 Å². The molecule has 0 aromatic rings. The topological polar surface area (TPSA) is 66.6 Å². The lowest BCUT2D eigenvalue weighted by atomic mass is 10.0. The minimum absolute atomic E-state index is 0. The van der Waals surface area contributed by atoms with Gasteiger partial charge in [0.25, 0.3) is 10.2 Å². The van der Waals surface area contributed by atoms with Gasteiger partial charge >= 0.3 is 0 Å². The van der Waals surface area contributed by atoms with Crippen LogP contribution in [0.3, 0.4) is 0 Å². The Labute approximate surface area is 111 Å². The van der Waals surface area contributed by atoms with E-state index in [1.54, 1.807) is 11.4 Å². The van der Waals surface area contributed by atoms with E-state index in [1.807, 2.05) is 6.92 Å². The Bertz CT molecular complexity index is 324. The summed E-state index contributed by atoms with van der Waals surface area (Å²) in [4.78, 5) is 0. The van der Waals surface area contributed by atoms with Crippen LogP contribution >= 0.6 is 12.4 Å². The summed E-state index contributed by atoms with van der Waals surface area (Å²) in [5, 5.41) is 0. The van der Waals surface area contributed by atoms with Crippen molar-refractivity contribution in [2.24, 2.45) is 11.7 Å². The molecule has 0 spiro atoms. The van der Waals surface area contributed by atoms with Gasteiger partial charge in [-0.2, -0.15) is 17.0 Å². The lowest BCUT2D eigenvalue weighted by Gasteiger charge is -2.34. The summed E-state index contributed by atoms with van der Waals surface area (Å²) in [6.45, 7) is 5.52. The number of halogens is 1. The summed E-state index contributed by atoms with van der Waals surface area (Å²) in [6, 6.07) is -0.151. The molecule has 0 aromatic heterocycles. The van der Waals surface area contributed by atoms with Gasteiger partial charge in [-0.05, 0) is 25.7 Å². The van der Waals surface area contributed by atoms with Crippen LogP contribution in [0, 0.1) is 5.92 Å². The first-order valence-electron chi connectivity index (χ1n) is 5.82. The highest BCUT2D eigenvalue weighted by Gasteiger charge is 2.32. The first-order chi connectivity index (χ1) is 7.39. The van der Waals surface area contributed by atoms with E-state index in [1.165, 1.54) is 4.31 Å². The molecule has 0 saturated carbocycles. The van der Waals surface area contributed by atoms with Crippen LogP contribution in [0.25, 0.3) is 0 Å². The minimum Gasteiger partial charge on any atom is -0.329 e. The van der Waals surface area contributed by atoms with Crippen molar-refractivity contribution in [2.45, 2.75) is 32.7 Å². The molecule has 2 atom stereocenters. The smallest absolute Gasteiger partial charge is 0.282 e. The molecule has 7 heteroatoms. The van der Waals surface area contributed by atoms with Crippen molar-refractivity contribution in [3.63, 3.8) is 0 Å². The Kier molecular flexibility index (Phi) is 6.94. The van der Waals surface area contributed by atoms with E-state index in [2.05, 4.69) is 6.92 Å². The second-order valence-corrected chi connectivity index (χ2v) is 6.70. The molecule has 0 aliphatic carbocycles. The van der Waals surface area contributed by atoms with Gasteiger partial charge in [0.2, 0.25) is 0 Å². The normalized spacial score (nSPS) is 24.4. The van der Waals surface area contributed by atoms with E-state index < -0.39 is 10.2 Å². The van der Waals surface area contributed by atoms with Gasteiger partial charge in [-0.3, -0.25) is 0 Å². The molecule has 0 aromatic carbocycles. The second kappa shape index (κ2) is 6.89. The van der Waals surface area contributed by atoms with Gasteiger partial charge in [0.05, 0.1) is 0 Å². The minimum atomic E-state index is -3.32. The van der Waals surface area contributed by atoms with Crippen molar-refractivity contribution in [3.05, 3.63) is 0 Å². The van der Waals surface area contributed by atoms with Gasteiger partial charge in [-0.25, -0.2) is 0 Å². The third-order valence-electron chi connectivity index (χ3n) is 3.27. The Morgan fingerprint density at radius 3 is 2.59 bits per heavy atom. The molecule has 2 unspecified atom stereocenters. The molecule has 1 aliphatic heterocycles. The molecule has 0 bridgehead atoms. The summed E-state index contributed by atoms with van der Waals surface area (Å²) in [7, 11) is -1.72. The number of piperidine rings is 1. The van der Waals surface area contributed by atoms with Gasteiger partial charge in [0.15, 0.2) is 0 Å². The Morgan fingerprint density at radius 2 is 2.12 bits per heavy atom. The molecule has 5 nitrogen and oxygen atoms in total. The third kappa shape index (κ3) is 4.06. The highest BCUT2D eigenvalue weighted by Crippen LogP contribution is 2.20. The highest BCUT2D eigenvalue weighted by atomic mass is 35.5. The fourth-order valence-corrected chi connectivity index (χ4v) is 3.62. The van der Waals surface area contributed by atoms with E-state index in [-0.39, 0.29) is 18.4 Å². The molecule has 104 valence electrons. The van der Waals surface area contributed by atoms with Gasteiger partial charge in [-0.15, -0.1) is 12.4 Å². The summed E-state index contributed by atoms with van der Waals surface area (Å²) in [5.41, 5.74) is 5.50. The Hall–Kier alpha value is 0.120. The molecule has 1 rings (SSSR count). The third-order valence-corrected chi connectivity index (χ3v) is 5.34. The number of nitrogens with two attached hydrogens (primary N) is 1. The van der Waals surface area contributed by atoms with Crippen LogP contribution in [0.4, 0.5) is 0 Å². The fraction of sp³-hybridized carbons (Fsp3) is 1.00. The first-order valence-corrected chi connectivity index (χ1v) is 7.22. The summed E-state index contributed by atoms with van der Waals surface area (Å²) >= 11 is 0. The van der Waals surface area contributed by atoms with E-state index in [0.29, 0.717) is 25.6 Å². The quantitative estimate of drug-likeness (QED) is 0.825. The van der Waals surface area contributed by atoms with Gasteiger partial charge in [0.1, 0.15) is 0 Å². The van der Waals surface area contributed by atoms with Crippen molar-refractivity contribution in [1.82, 2.24) is 8.61 Å². The number of likely N-dealkylation sites (N-methyl/N-ethyl adjacent to an activating group) is 1. The molecule has 0 radical (unpaired) electrons. The molecule has 1 aliphatic rings. The van der Waals surface area contributed by atoms with Crippen LogP contribution in [0.1, 0.15) is 26.7 Å². The van der Waals surface area contributed by atoms with E-state index in [0.717, 1.165) is 12.8 Å². The number of hydrogen-bond donors (Lipinski definition) is 1. The molecule has 1 saturated heterocycles. The zero-order valence-corrected chi connectivity index (χ0v) is 12.4. The van der Waals surface area contributed by atoms with Crippen LogP contribution in [0.2, 0.25) is 0 Å². The van der Waals surface area contributed by atoms with Crippen LogP contribution < -0.4 is 5.73 Å². The maximum absolute atomic E-state index is 12.2. The predicted molar refractivity (Wildman–Crippen MR) is 72.4 cm³/mol. The van der Waals surface area contributed by atoms with Crippen molar-refractivity contribution >= 4 is 22.6 Å². The molecular formula is C10H24ClN3O2S. The number of nitrogens with zero attached hydrogens (tertiary/aromatic N) is 2. The number of rotatable bonds is 4. The van der Waals surface area contributed by atoms with Crippen LogP contribution in [-0.4, -0.2) is 49.8 Å². The molecule has 17 heavy (non-hydrogen) atoms. The van der Waals surface area contributed by atoms with Gasteiger partial charge < -0.3 is 5.73 Å². The zero-order valence-electron chi connectivity index (χ0n) is 10.8. The van der Waals surface area contributed by atoms with E-state index in [4.69, 9.17) is 5.73 Å². The van der Waals surface area contributed by atoms with Crippen LogP contribution in [0.5, 0.6) is 0 Å². The standard InChI is InChI=1S/C10H23N3O2S.ClH/c1-9-5-4-6-13(8-9)16(14,15)12(3)10(2)7-11;/h9-10H,4-8,11H2,1-3H3;1H.